The van der Waals surface area contributed by atoms with Gasteiger partial charge in [0.15, 0.2) is 5.78 Å². The molecule has 107 valence electrons. The second-order valence-corrected chi connectivity index (χ2v) is 4.71. The number of hydrogen-bond donors (Lipinski definition) is 0. The number of carbonyl (C=O) groups excluding carboxylic acids is 1. The molecule has 2 nitrogen and oxygen atoms in total. The molecule has 2 aromatic carbocycles. The van der Waals surface area contributed by atoms with Crippen molar-refractivity contribution in [3.05, 3.63) is 78.4 Å². The summed E-state index contributed by atoms with van der Waals surface area (Å²) in [6.07, 6.45) is 5.42. The van der Waals surface area contributed by atoms with Crippen molar-refractivity contribution in [3.8, 4) is 5.75 Å². The predicted molar refractivity (Wildman–Crippen MR) is 86.1 cm³/mol. The van der Waals surface area contributed by atoms with Crippen molar-refractivity contribution < 1.29 is 9.53 Å². The summed E-state index contributed by atoms with van der Waals surface area (Å²) in [5.41, 5.74) is 1.67. The number of benzene rings is 2. The Kier molecular flexibility index (Phi) is 5.77. The highest BCUT2D eigenvalue weighted by atomic mass is 16.5. The topological polar surface area (TPSA) is 26.3 Å². The third-order valence-electron chi connectivity index (χ3n) is 2.99. The number of rotatable bonds is 7. The lowest BCUT2D eigenvalue weighted by Crippen LogP contribution is -1.92. The highest BCUT2D eigenvalue weighted by Crippen LogP contribution is 2.15. The first-order valence-electron chi connectivity index (χ1n) is 7.15. The number of ketones is 1. The average Bonchev–Trinajstić information content (AvgIpc) is 2.55. The maximum Gasteiger partial charge on any atom is 0.185 e. The van der Waals surface area contributed by atoms with Crippen molar-refractivity contribution in [2.45, 2.75) is 19.8 Å². The molecule has 0 amide bonds. The van der Waals surface area contributed by atoms with E-state index in [1.165, 1.54) is 0 Å². The van der Waals surface area contributed by atoms with Gasteiger partial charge < -0.3 is 4.74 Å². The number of ether oxygens (including phenoxy) is 1. The maximum absolute atomic E-state index is 11.9. The van der Waals surface area contributed by atoms with Crippen molar-refractivity contribution in [3.63, 3.8) is 0 Å². The molecular formula is C19H19O2. The molecule has 0 saturated heterocycles. The molecule has 0 aliphatic carbocycles. The zero-order chi connectivity index (χ0) is 14.9. The Labute approximate surface area is 126 Å². The summed E-state index contributed by atoms with van der Waals surface area (Å²) in [7, 11) is 0. The Balaban J connectivity index is 1.93. The van der Waals surface area contributed by atoms with Crippen LogP contribution >= 0.6 is 0 Å². The van der Waals surface area contributed by atoms with Gasteiger partial charge in [0.1, 0.15) is 12.4 Å². The molecule has 0 bridgehead atoms. The molecule has 0 unspecified atom stereocenters. The Morgan fingerprint density at radius 3 is 2.43 bits per heavy atom. The summed E-state index contributed by atoms with van der Waals surface area (Å²) in [6.45, 7) is 3.92. The van der Waals surface area contributed by atoms with Gasteiger partial charge in [-0.3, -0.25) is 4.79 Å². The van der Waals surface area contributed by atoms with Gasteiger partial charge in [0.05, 0.1) is 0 Å². The van der Waals surface area contributed by atoms with E-state index in [-0.39, 0.29) is 5.78 Å². The van der Waals surface area contributed by atoms with E-state index in [0.717, 1.165) is 24.2 Å². The van der Waals surface area contributed by atoms with Crippen LogP contribution in [0.4, 0.5) is 0 Å². The molecule has 0 aromatic heterocycles. The van der Waals surface area contributed by atoms with E-state index in [2.05, 4.69) is 6.92 Å². The van der Waals surface area contributed by atoms with E-state index < -0.39 is 0 Å². The van der Waals surface area contributed by atoms with Crippen LogP contribution in [0.5, 0.6) is 5.75 Å². The lowest BCUT2D eigenvalue weighted by molar-refractivity contribution is 0.104. The standard InChI is InChI=1S/C19H19O2/c1-2-3-15-21-18-12-9-16(10-13-18)11-14-19(20)17-7-5-4-6-8-17/h4-15H,2-3H2,1H3/b14-11+. The minimum Gasteiger partial charge on any atom is -0.487 e. The number of unbranched alkanes of at least 4 members (excludes halogenated alkanes) is 1. The first-order chi connectivity index (χ1) is 10.3. The normalized spacial score (nSPS) is 10.7. The maximum atomic E-state index is 11.9. The van der Waals surface area contributed by atoms with Crippen molar-refractivity contribution in [2.24, 2.45) is 0 Å². The predicted octanol–water partition coefficient (Wildman–Crippen LogP) is 4.92. The minimum atomic E-state index is 0.00667. The van der Waals surface area contributed by atoms with Gasteiger partial charge in [0, 0.05) is 5.56 Å². The fourth-order valence-corrected chi connectivity index (χ4v) is 1.80. The third kappa shape index (κ3) is 4.92. The largest absolute Gasteiger partial charge is 0.487 e. The second-order valence-electron chi connectivity index (χ2n) is 4.71. The van der Waals surface area contributed by atoms with E-state index in [0.29, 0.717) is 5.56 Å². The van der Waals surface area contributed by atoms with E-state index in [1.54, 1.807) is 6.08 Å². The van der Waals surface area contributed by atoms with E-state index in [1.807, 2.05) is 67.3 Å². The summed E-state index contributed by atoms with van der Waals surface area (Å²) in [6, 6.07) is 16.9. The van der Waals surface area contributed by atoms with E-state index in [4.69, 9.17) is 4.74 Å². The monoisotopic (exact) mass is 279 g/mol. The summed E-state index contributed by atoms with van der Waals surface area (Å²) in [5.74, 6) is 0.821. The van der Waals surface area contributed by atoms with Gasteiger partial charge in [-0.2, -0.15) is 0 Å². The van der Waals surface area contributed by atoms with Gasteiger partial charge in [-0.05, 0) is 30.2 Å². The number of carbonyl (C=O) groups is 1. The number of allylic oxidation sites excluding steroid dienone is 1. The first-order valence-corrected chi connectivity index (χ1v) is 7.15. The molecule has 0 heterocycles. The van der Waals surface area contributed by atoms with Crippen molar-refractivity contribution in [2.75, 3.05) is 0 Å². The quantitative estimate of drug-likeness (QED) is 0.408. The van der Waals surface area contributed by atoms with E-state index in [9.17, 15) is 4.79 Å². The lowest BCUT2D eigenvalue weighted by atomic mass is 10.1. The minimum absolute atomic E-state index is 0.00667. The van der Waals surface area contributed by atoms with E-state index >= 15 is 0 Å². The molecule has 0 atom stereocenters. The summed E-state index contributed by atoms with van der Waals surface area (Å²) in [4.78, 5) is 11.9. The molecule has 0 fully saturated rings. The zero-order valence-electron chi connectivity index (χ0n) is 12.2. The molecule has 1 radical (unpaired) electrons. The van der Waals surface area contributed by atoms with Crippen LogP contribution in [-0.4, -0.2) is 5.78 Å². The zero-order valence-corrected chi connectivity index (χ0v) is 12.2. The van der Waals surface area contributed by atoms with Gasteiger partial charge in [-0.15, -0.1) is 0 Å². The van der Waals surface area contributed by atoms with Crippen LogP contribution < -0.4 is 4.74 Å². The fraction of sp³-hybridized carbons (Fsp3) is 0.158. The van der Waals surface area contributed by atoms with Crippen molar-refractivity contribution >= 4 is 11.9 Å². The Bertz CT molecular complexity index is 583. The van der Waals surface area contributed by atoms with Gasteiger partial charge in [-0.1, -0.05) is 61.9 Å². The molecule has 21 heavy (non-hydrogen) atoms. The Morgan fingerprint density at radius 2 is 1.76 bits per heavy atom. The molecule has 0 spiro atoms. The lowest BCUT2D eigenvalue weighted by Gasteiger charge is -2.04. The Morgan fingerprint density at radius 1 is 1.05 bits per heavy atom. The SMILES string of the molecule is CCC[CH]Oc1ccc(/C=C/C(=O)c2ccccc2)cc1. The van der Waals surface area contributed by atoms with Gasteiger partial charge in [-0.25, -0.2) is 0 Å². The molecule has 2 aromatic rings. The highest BCUT2D eigenvalue weighted by Gasteiger charge is 1.99. The molecule has 2 heteroatoms. The smallest absolute Gasteiger partial charge is 0.185 e. The molecular weight excluding hydrogens is 260 g/mol. The van der Waals surface area contributed by atoms with Gasteiger partial charge in [0.2, 0.25) is 0 Å². The summed E-state index contributed by atoms with van der Waals surface area (Å²) < 4.78 is 5.48. The fourth-order valence-electron chi connectivity index (χ4n) is 1.80. The third-order valence-corrected chi connectivity index (χ3v) is 2.99. The van der Waals surface area contributed by atoms with Crippen LogP contribution in [0.15, 0.2) is 60.7 Å². The molecule has 0 aliphatic rings. The van der Waals surface area contributed by atoms with Crippen LogP contribution in [0.2, 0.25) is 0 Å². The van der Waals surface area contributed by atoms with Crippen LogP contribution in [0.25, 0.3) is 6.08 Å². The average molecular weight is 279 g/mol. The molecule has 0 saturated carbocycles. The van der Waals surface area contributed by atoms with Crippen LogP contribution in [0.3, 0.4) is 0 Å². The van der Waals surface area contributed by atoms with Crippen LogP contribution in [0, 0.1) is 6.61 Å². The van der Waals surface area contributed by atoms with Crippen molar-refractivity contribution in [1.82, 2.24) is 0 Å². The second kappa shape index (κ2) is 8.05. The van der Waals surface area contributed by atoms with Crippen molar-refractivity contribution in [1.29, 1.82) is 0 Å². The first kappa shape index (κ1) is 15.0. The summed E-state index contributed by atoms with van der Waals surface area (Å²) >= 11 is 0. The van der Waals surface area contributed by atoms with Crippen LogP contribution in [0.1, 0.15) is 35.7 Å². The summed E-state index contributed by atoms with van der Waals surface area (Å²) in [5, 5.41) is 0. The molecule has 2 rings (SSSR count). The van der Waals surface area contributed by atoms with Gasteiger partial charge >= 0.3 is 0 Å². The number of hydrogen-bond acceptors (Lipinski definition) is 2. The van der Waals surface area contributed by atoms with Crippen LogP contribution in [-0.2, 0) is 0 Å². The molecule has 0 aliphatic heterocycles. The van der Waals surface area contributed by atoms with Gasteiger partial charge in [0.25, 0.3) is 0 Å². The molecule has 0 N–H and O–H groups in total. The Hall–Kier alpha value is -2.35. The highest BCUT2D eigenvalue weighted by molar-refractivity contribution is 6.06.